The zero-order valence-corrected chi connectivity index (χ0v) is 14.0. The Labute approximate surface area is 145 Å². The third-order valence-corrected chi connectivity index (χ3v) is 4.24. The van der Waals surface area contributed by atoms with Gasteiger partial charge in [0.15, 0.2) is 12.4 Å². The van der Waals surface area contributed by atoms with Crippen LogP contribution in [0, 0.1) is 0 Å². The van der Waals surface area contributed by atoms with Gasteiger partial charge in [0.05, 0.1) is 17.9 Å². The van der Waals surface area contributed by atoms with Crippen LogP contribution in [0.25, 0.3) is 0 Å². The third-order valence-electron chi connectivity index (χ3n) is 4.24. The Hall–Kier alpha value is -2.77. The molecule has 0 unspecified atom stereocenters. The molecule has 1 aromatic rings. The van der Waals surface area contributed by atoms with E-state index in [9.17, 15) is 14.4 Å². The molecule has 0 radical (unpaired) electrons. The van der Waals surface area contributed by atoms with E-state index in [2.05, 4.69) is 10.6 Å². The number of para-hydroxylation sites is 1. The maximum Gasteiger partial charge on any atom is 0.409 e. The lowest BCUT2D eigenvalue weighted by Gasteiger charge is -2.31. The molecule has 2 aliphatic rings. The minimum Gasteiger partial charge on any atom is -0.481 e. The third kappa shape index (κ3) is 3.84. The molecule has 2 aliphatic heterocycles. The highest BCUT2D eigenvalue weighted by molar-refractivity contribution is 6.03. The SMILES string of the molecule is CCOC(=O)N1CCC(NC(=O)c2cccc3c2OCC(=O)N3)CC1. The molecule has 3 rings (SSSR count). The Kier molecular flexibility index (Phi) is 5.06. The molecule has 0 spiro atoms. The van der Waals surface area contributed by atoms with E-state index >= 15 is 0 Å². The second kappa shape index (κ2) is 7.42. The summed E-state index contributed by atoms with van der Waals surface area (Å²) in [5.41, 5.74) is 0.895. The number of amides is 3. The van der Waals surface area contributed by atoms with Crippen LogP contribution in [0.1, 0.15) is 30.1 Å². The second-order valence-electron chi connectivity index (χ2n) is 5.95. The topological polar surface area (TPSA) is 97.0 Å². The van der Waals surface area contributed by atoms with E-state index in [1.165, 1.54) is 0 Å². The number of ether oxygens (including phenoxy) is 2. The van der Waals surface area contributed by atoms with Gasteiger partial charge in [-0.1, -0.05) is 6.07 Å². The van der Waals surface area contributed by atoms with Crippen molar-refractivity contribution in [2.75, 3.05) is 31.6 Å². The zero-order valence-electron chi connectivity index (χ0n) is 14.0. The lowest BCUT2D eigenvalue weighted by atomic mass is 10.0. The molecule has 1 aromatic carbocycles. The van der Waals surface area contributed by atoms with E-state index < -0.39 is 0 Å². The molecule has 25 heavy (non-hydrogen) atoms. The molecule has 8 nitrogen and oxygen atoms in total. The summed E-state index contributed by atoms with van der Waals surface area (Å²) in [6.07, 6.45) is 1.02. The molecular formula is C17H21N3O5. The number of hydrogen-bond donors (Lipinski definition) is 2. The first kappa shape index (κ1) is 17.1. The highest BCUT2D eigenvalue weighted by atomic mass is 16.6. The summed E-state index contributed by atoms with van der Waals surface area (Å²) in [5.74, 6) is -0.0949. The van der Waals surface area contributed by atoms with Gasteiger partial charge in [-0.05, 0) is 31.9 Å². The predicted molar refractivity (Wildman–Crippen MR) is 89.6 cm³/mol. The van der Waals surface area contributed by atoms with Crippen LogP contribution >= 0.6 is 0 Å². The number of hydrogen-bond acceptors (Lipinski definition) is 5. The van der Waals surface area contributed by atoms with Crippen LogP contribution in [-0.4, -0.2) is 55.2 Å². The second-order valence-corrected chi connectivity index (χ2v) is 5.95. The number of carbonyl (C=O) groups excluding carboxylic acids is 3. The van der Waals surface area contributed by atoms with Gasteiger partial charge in [0, 0.05) is 19.1 Å². The number of likely N-dealkylation sites (tertiary alicyclic amines) is 1. The van der Waals surface area contributed by atoms with Crippen molar-refractivity contribution >= 4 is 23.6 Å². The van der Waals surface area contributed by atoms with Gasteiger partial charge >= 0.3 is 6.09 Å². The molecule has 8 heteroatoms. The number of nitrogens with zero attached hydrogens (tertiary/aromatic N) is 1. The first-order valence-corrected chi connectivity index (χ1v) is 8.36. The number of benzene rings is 1. The minimum atomic E-state index is -0.312. The molecule has 0 aromatic heterocycles. The van der Waals surface area contributed by atoms with Gasteiger partial charge in [-0.3, -0.25) is 9.59 Å². The van der Waals surface area contributed by atoms with Gasteiger partial charge in [0.2, 0.25) is 0 Å². The molecule has 1 fully saturated rings. The normalized spacial score (nSPS) is 17.2. The first-order chi connectivity index (χ1) is 12.1. The Morgan fingerprint density at radius 2 is 2.12 bits per heavy atom. The zero-order chi connectivity index (χ0) is 17.8. The Morgan fingerprint density at radius 3 is 2.84 bits per heavy atom. The number of rotatable bonds is 3. The summed E-state index contributed by atoms with van der Waals surface area (Å²) in [5, 5.41) is 5.66. The van der Waals surface area contributed by atoms with Crippen molar-refractivity contribution in [3.05, 3.63) is 23.8 Å². The fourth-order valence-corrected chi connectivity index (χ4v) is 2.98. The molecule has 3 amide bonds. The summed E-state index contributed by atoms with van der Waals surface area (Å²) in [6.45, 7) is 3.11. The molecule has 0 saturated carbocycles. The highest BCUT2D eigenvalue weighted by Gasteiger charge is 2.27. The van der Waals surface area contributed by atoms with Crippen LogP contribution in [-0.2, 0) is 9.53 Å². The lowest BCUT2D eigenvalue weighted by Crippen LogP contribution is -2.46. The fraction of sp³-hybridized carbons (Fsp3) is 0.471. The van der Waals surface area contributed by atoms with E-state index in [0.717, 1.165) is 0 Å². The van der Waals surface area contributed by atoms with Crippen LogP contribution in [0.5, 0.6) is 5.75 Å². The quantitative estimate of drug-likeness (QED) is 0.861. The van der Waals surface area contributed by atoms with Crippen molar-refractivity contribution in [2.45, 2.75) is 25.8 Å². The summed E-state index contributed by atoms with van der Waals surface area (Å²) >= 11 is 0. The molecule has 0 bridgehead atoms. The van der Waals surface area contributed by atoms with E-state index in [4.69, 9.17) is 9.47 Å². The van der Waals surface area contributed by atoms with Crippen molar-refractivity contribution in [1.82, 2.24) is 10.2 Å². The Morgan fingerprint density at radius 1 is 1.36 bits per heavy atom. The van der Waals surface area contributed by atoms with Crippen LogP contribution in [0.2, 0.25) is 0 Å². The summed E-state index contributed by atoms with van der Waals surface area (Å²) < 4.78 is 10.4. The number of carbonyl (C=O) groups is 3. The van der Waals surface area contributed by atoms with Crippen molar-refractivity contribution in [3.63, 3.8) is 0 Å². The molecule has 134 valence electrons. The maximum absolute atomic E-state index is 12.6. The molecule has 2 N–H and O–H groups in total. The van der Waals surface area contributed by atoms with E-state index in [1.54, 1.807) is 30.0 Å². The molecule has 0 aliphatic carbocycles. The van der Waals surface area contributed by atoms with Gasteiger partial charge in [-0.15, -0.1) is 0 Å². The first-order valence-electron chi connectivity index (χ1n) is 8.36. The van der Waals surface area contributed by atoms with E-state index in [0.29, 0.717) is 49.5 Å². The molecule has 0 atom stereocenters. The van der Waals surface area contributed by atoms with E-state index in [1.807, 2.05) is 0 Å². The molecule has 1 saturated heterocycles. The Balaban J connectivity index is 1.60. The minimum absolute atomic E-state index is 0.0211. The number of anilines is 1. The van der Waals surface area contributed by atoms with Gasteiger partial charge < -0.3 is 25.0 Å². The highest BCUT2D eigenvalue weighted by Crippen LogP contribution is 2.31. The summed E-state index contributed by atoms with van der Waals surface area (Å²) in [4.78, 5) is 37.3. The standard InChI is InChI=1S/C17H21N3O5/c1-2-24-17(23)20-8-6-11(7-9-20)18-16(22)12-4-3-5-13-15(12)25-10-14(21)19-13/h3-5,11H,2,6-10H2,1H3,(H,18,22)(H,19,21). The van der Waals surface area contributed by atoms with Crippen LogP contribution < -0.4 is 15.4 Å². The number of fused-ring (bicyclic) bond motifs is 1. The van der Waals surface area contributed by atoms with Crippen molar-refractivity contribution < 1.29 is 23.9 Å². The van der Waals surface area contributed by atoms with Crippen LogP contribution in [0.4, 0.5) is 10.5 Å². The van der Waals surface area contributed by atoms with Gasteiger partial charge in [-0.2, -0.15) is 0 Å². The monoisotopic (exact) mass is 347 g/mol. The van der Waals surface area contributed by atoms with Crippen molar-refractivity contribution in [3.8, 4) is 5.75 Å². The predicted octanol–water partition coefficient (Wildman–Crippen LogP) is 1.37. The average Bonchev–Trinajstić information content (AvgIpc) is 2.61. The van der Waals surface area contributed by atoms with Crippen molar-refractivity contribution in [1.29, 1.82) is 0 Å². The van der Waals surface area contributed by atoms with Crippen LogP contribution in [0.15, 0.2) is 18.2 Å². The lowest BCUT2D eigenvalue weighted by molar-refractivity contribution is -0.118. The summed E-state index contributed by atoms with van der Waals surface area (Å²) in [7, 11) is 0. The van der Waals surface area contributed by atoms with E-state index in [-0.39, 0.29) is 30.6 Å². The number of nitrogens with one attached hydrogen (secondary N) is 2. The van der Waals surface area contributed by atoms with Crippen LogP contribution in [0.3, 0.4) is 0 Å². The van der Waals surface area contributed by atoms with Gasteiger partial charge in [0.1, 0.15) is 0 Å². The Bertz CT molecular complexity index is 683. The average molecular weight is 347 g/mol. The smallest absolute Gasteiger partial charge is 0.409 e. The van der Waals surface area contributed by atoms with Gasteiger partial charge in [0.25, 0.3) is 11.8 Å². The fourth-order valence-electron chi connectivity index (χ4n) is 2.98. The number of piperidine rings is 1. The maximum atomic E-state index is 12.6. The molecule has 2 heterocycles. The molecular weight excluding hydrogens is 326 g/mol. The summed E-state index contributed by atoms with van der Waals surface area (Å²) in [6, 6.07) is 5.04. The van der Waals surface area contributed by atoms with Crippen molar-refractivity contribution in [2.24, 2.45) is 0 Å². The largest absolute Gasteiger partial charge is 0.481 e. The van der Waals surface area contributed by atoms with Gasteiger partial charge in [-0.25, -0.2) is 4.79 Å².